The highest BCUT2D eigenvalue weighted by atomic mass is 79.9. The van der Waals surface area contributed by atoms with Crippen molar-refractivity contribution in [3.8, 4) is 0 Å². The van der Waals surface area contributed by atoms with Gasteiger partial charge in [-0.05, 0) is 43.1 Å². The van der Waals surface area contributed by atoms with Crippen molar-refractivity contribution in [2.75, 3.05) is 13.1 Å². The highest BCUT2D eigenvalue weighted by molar-refractivity contribution is 9.10. The molecule has 92 valence electrons. The molecule has 3 nitrogen and oxygen atoms in total. The van der Waals surface area contributed by atoms with Gasteiger partial charge in [0.05, 0.1) is 6.42 Å². The highest BCUT2D eigenvalue weighted by Gasteiger charge is 2.13. The van der Waals surface area contributed by atoms with E-state index >= 15 is 0 Å². The van der Waals surface area contributed by atoms with Gasteiger partial charge in [0.2, 0.25) is 0 Å². The number of carbonyl (C=O) groups is 1. The number of hydrogen-bond acceptors (Lipinski definition) is 2. The van der Waals surface area contributed by atoms with Gasteiger partial charge >= 0.3 is 5.97 Å². The SMILES string of the molecule is O=C(O)Cc1ccc(CN2CCCC2)c(Br)c1. The zero-order chi connectivity index (χ0) is 12.3. The lowest BCUT2D eigenvalue weighted by molar-refractivity contribution is -0.136. The van der Waals surface area contributed by atoms with Gasteiger partial charge in [0, 0.05) is 11.0 Å². The van der Waals surface area contributed by atoms with Crippen LogP contribution < -0.4 is 0 Å². The fraction of sp³-hybridized carbons (Fsp3) is 0.462. The van der Waals surface area contributed by atoms with E-state index in [1.54, 1.807) is 0 Å². The first-order chi connectivity index (χ1) is 8.15. The minimum absolute atomic E-state index is 0.0859. The van der Waals surface area contributed by atoms with Gasteiger partial charge < -0.3 is 5.11 Å². The van der Waals surface area contributed by atoms with Crippen LogP contribution in [0.5, 0.6) is 0 Å². The summed E-state index contributed by atoms with van der Waals surface area (Å²) in [6, 6.07) is 5.85. The molecule has 0 aliphatic carbocycles. The van der Waals surface area contributed by atoms with Crippen LogP contribution in [0.3, 0.4) is 0 Å². The number of benzene rings is 1. The number of hydrogen-bond donors (Lipinski definition) is 1. The van der Waals surface area contributed by atoms with Gasteiger partial charge in [-0.15, -0.1) is 0 Å². The van der Waals surface area contributed by atoms with E-state index in [0.717, 1.165) is 16.6 Å². The van der Waals surface area contributed by atoms with Crippen LogP contribution in [0.25, 0.3) is 0 Å². The molecule has 0 radical (unpaired) electrons. The van der Waals surface area contributed by atoms with Crippen molar-refractivity contribution in [1.82, 2.24) is 4.90 Å². The molecule has 1 N–H and O–H groups in total. The number of carboxylic acid groups (broad SMARTS) is 1. The van der Waals surface area contributed by atoms with E-state index in [0.29, 0.717) is 0 Å². The summed E-state index contributed by atoms with van der Waals surface area (Å²) < 4.78 is 1.02. The van der Waals surface area contributed by atoms with E-state index < -0.39 is 5.97 Å². The Morgan fingerprint density at radius 2 is 2.06 bits per heavy atom. The van der Waals surface area contributed by atoms with Gasteiger partial charge in [-0.2, -0.15) is 0 Å². The fourth-order valence-electron chi connectivity index (χ4n) is 2.19. The summed E-state index contributed by atoms with van der Waals surface area (Å²) in [4.78, 5) is 13.0. The van der Waals surface area contributed by atoms with E-state index in [9.17, 15) is 4.79 Å². The number of rotatable bonds is 4. The third kappa shape index (κ3) is 3.54. The van der Waals surface area contributed by atoms with Crippen molar-refractivity contribution in [3.05, 3.63) is 33.8 Å². The molecule has 17 heavy (non-hydrogen) atoms. The van der Waals surface area contributed by atoms with Crippen LogP contribution in [0.4, 0.5) is 0 Å². The monoisotopic (exact) mass is 297 g/mol. The minimum atomic E-state index is -0.788. The van der Waals surface area contributed by atoms with Gasteiger partial charge in [-0.1, -0.05) is 28.1 Å². The van der Waals surface area contributed by atoms with Crippen molar-refractivity contribution in [2.24, 2.45) is 0 Å². The van der Waals surface area contributed by atoms with Crippen LogP contribution in [0.2, 0.25) is 0 Å². The molecule has 0 saturated carbocycles. The lowest BCUT2D eigenvalue weighted by Crippen LogP contribution is -2.18. The molecule has 0 unspecified atom stereocenters. The molecule has 0 atom stereocenters. The third-order valence-corrected chi connectivity index (χ3v) is 3.80. The van der Waals surface area contributed by atoms with Crippen LogP contribution in [-0.2, 0) is 17.8 Å². The Bertz CT molecular complexity index is 414. The summed E-state index contributed by atoms with van der Waals surface area (Å²) in [6.45, 7) is 3.29. The van der Waals surface area contributed by atoms with Gasteiger partial charge in [0.1, 0.15) is 0 Å². The Morgan fingerprint density at radius 3 is 2.65 bits per heavy atom. The van der Waals surface area contributed by atoms with E-state index in [2.05, 4.69) is 20.8 Å². The molecule has 0 bridgehead atoms. The Hall–Kier alpha value is -0.870. The van der Waals surface area contributed by atoms with Crippen molar-refractivity contribution >= 4 is 21.9 Å². The van der Waals surface area contributed by atoms with Crippen LogP contribution in [-0.4, -0.2) is 29.1 Å². The number of halogens is 1. The topological polar surface area (TPSA) is 40.5 Å². The summed E-state index contributed by atoms with van der Waals surface area (Å²) in [7, 11) is 0. The van der Waals surface area contributed by atoms with Crippen molar-refractivity contribution in [1.29, 1.82) is 0 Å². The standard InChI is InChI=1S/C13H16BrNO2/c14-12-7-10(8-13(16)17)3-4-11(12)9-15-5-1-2-6-15/h3-4,7H,1-2,5-6,8-9H2,(H,16,17). The number of aliphatic carboxylic acids is 1. The van der Waals surface area contributed by atoms with Gasteiger partial charge in [-0.3, -0.25) is 9.69 Å². The number of nitrogens with zero attached hydrogens (tertiary/aromatic N) is 1. The second-order valence-electron chi connectivity index (χ2n) is 4.48. The normalized spacial score (nSPS) is 16.3. The number of carboxylic acids is 1. The van der Waals surface area contributed by atoms with E-state index in [1.807, 2.05) is 18.2 Å². The average Bonchev–Trinajstić information content (AvgIpc) is 2.74. The fourth-order valence-corrected chi connectivity index (χ4v) is 2.74. The van der Waals surface area contributed by atoms with Crippen LogP contribution in [0.15, 0.2) is 22.7 Å². The van der Waals surface area contributed by atoms with Crippen LogP contribution in [0, 0.1) is 0 Å². The predicted molar refractivity (Wildman–Crippen MR) is 70.0 cm³/mol. The van der Waals surface area contributed by atoms with E-state index in [4.69, 9.17) is 5.11 Å². The lowest BCUT2D eigenvalue weighted by Gasteiger charge is -2.16. The molecule has 1 aliphatic rings. The Balaban J connectivity index is 2.05. The van der Waals surface area contributed by atoms with Crippen molar-refractivity contribution in [2.45, 2.75) is 25.8 Å². The van der Waals surface area contributed by atoms with Gasteiger partial charge in [-0.25, -0.2) is 0 Å². The van der Waals surface area contributed by atoms with E-state index in [-0.39, 0.29) is 6.42 Å². The Kier molecular flexibility index (Phi) is 4.18. The van der Waals surface area contributed by atoms with Gasteiger partial charge in [0.15, 0.2) is 0 Å². The number of likely N-dealkylation sites (tertiary alicyclic amines) is 1. The minimum Gasteiger partial charge on any atom is -0.481 e. The molecule has 0 spiro atoms. The highest BCUT2D eigenvalue weighted by Crippen LogP contribution is 2.22. The van der Waals surface area contributed by atoms with Crippen LogP contribution in [0.1, 0.15) is 24.0 Å². The maximum atomic E-state index is 10.6. The smallest absolute Gasteiger partial charge is 0.307 e. The molecule has 1 aliphatic heterocycles. The molecule has 1 heterocycles. The molecule has 1 aromatic rings. The summed E-state index contributed by atoms with van der Waals surface area (Å²) >= 11 is 3.52. The maximum Gasteiger partial charge on any atom is 0.307 e. The predicted octanol–water partition coefficient (Wildman–Crippen LogP) is 2.67. The second kappa shape index (κ2) is 5.65. The quantitative estimate of drug-likeness (QED) is 0.929. The summed E-state index contributed by atoms with van der Waals surface area (Å²) in [5.74, 6) is -0.788. The Morgan fingerprint density at radius 1 is 1.35 bits per heavy atom. The molecule has 2 rings (SSSR count). The maximum absolute atomic E-state index is 10.6. The van der Waals surface area contributed by atoms with E-state index in [1.165, 1.54) is 31.5 Å². The first-order valence-electron chi connectivity index (χ1n) is 5.86. The molecular weight excluding hydrogens is 282 g/mol. The zero-order valence-electron chi connectivity index (χ0n) is 9.66. The summed E-state index contributed by atoms with van der Waals surface area (Å²) in [5.41, 5.74) is 2.08. The molecule has 1 saturated heterocycles. The lowest BCUT2D eigenvalue weighted by atomic mass is 10.1. The molecule has 4 heteroatoms. The summed E-state index contributed by atoms with van der Waals surface area (Å²) in [5, 5.41) is 8.73. The molecule has 0 aromatic heterocycles. The first kappa shape index (κ1) is 12.6. The van der Waals surface area contributed by atoms with Crippen molar-refractivity contribution < 1.29 is 9.90 Å². The Labute approximate surface area is 110 Å². The second-order valence-corrected chi connectivity index (χ2v) is 5.33. The summed E-state index contributed by atoms with van der Waals surface area (Å²) in [6.07, 6.45) is 2.66. The molecule has 1 aromatic carbocycles. The zero-order valence-corrected chi connectivity index (χ0v) is 11.2. The van der Waals surface area contributed by atoms with Gasteiger partial charge in [0.25, 0.3) is 0 Å². The molecule has 1 fully saturated rings. The molecule has 0 amide bonds. The van der Waals surface area contributed by atoms with Crippen molar-refractivity contribution in [3.63, 3.8) is 0 Å². The average molecular weight is 298 g/mol. The molecular formula is C13H16BrNO2. The largest absolute Gasteiger partial charge is 0.481 e. The van der Waals surface area contributed by atoms with Crippen LogP contribution >= 0.6 is 15.9 Å². The third-order valence-electron chi connectivity index (χ3n) is 3.07. The first-order valence-corrected chi connectivity index (χ1v) is 6.66.